The van der Waals surface area contributed by atoms with Gasteiger partial charge in [0.1, 0.15) is 0 Å². The maximum atomic E-state index is 11.3. The average molecular weight is 360 g/mol. The van der Waals surface area contributed by atoms with Crippen molar-refractivity contribution in [3.63, 3.8) is 0 Å². The third-order valence-corrected chi connectivity index (χ3v) is 7.01. The quantitative estimate of drug-likeness (QED) is 0.428. The molecule has 5 heteroatoms. The molecule has 0 aliphatic heterocycles. The zero-order valence-electron chi connectivity index (χ0n) is 15.0. The molecule has 3 saturated carbocycles. The molecule has 140 valence electrons. The lowest BCUT2D eigenvalue weighted by molar-refractivity contribution is -0.0741. The first-order chi connectivity index (χ1) is 11.4. The molecule has 0 heterocycles. The number of hydrogen-bond donors (Lipinski definition) is 4. The van der Waals surface area contributed by atoms with Crippen LogP contribution in [-0.2, 0) is 0 Å². The highest BCUT2D eigenvalue weighted by atomic mass is 35.5. The molecule has 4 N–H and O–H groups in total. The van der Waals surface area contributed by atoms with Gasteiger partial charge < -0.3 is 15.3 Å². The van der Waals surface area contributed by atoms with Gasteiger partial charge in [-0.05, 0) is 94.2 Å². The van der Waals surface area contributed by atoms with Crippen molar-refractivity contribution >= 4 is 11.8 Å². The Hall–Kier alpha value is 0.130. The Morgan fingerprint density at radius 1 is 0.917 bits per heavy atom. The van der Waals surface area contributed by atoms with Crippen LogP contribution in [0.1, 0.15) is 58.8 Å². The normalized spacial score (nSPS) is 28.2. The fourth-order valence-electron chi connectivity index (χ4n) is 4.59. The smallest absolute Gasteiger partial charge is 0.0648 e. The average Bonchev–Trinajstić information content (AvgIpc) is 3.39. The molecule has 0 spiro atoms. The molecule has 5 atom stereocenters. The predicted octanol–water partition coefficient (Wildman–Crippen LogP) is 2.69. The fraction of sp³-hybridized carbons (Fsp3) is 1.00. The second kappa shape index (κ2) is 7.40. The number of aliphatic hydroxyl groups excluding tert-OH is 3. The van der Waals surface area contributed by atoms with Crippen LogP contribution in [0.15, 0.2) is 0 Å². The monoisotopic (exact) mass is 359 g/mol. The first kappa shape index (κ1) is 18.9. The van der Waals surface area contributed by atoms with E-state index in [1.165, 1.54) is 12.8 Å². The maximum absolute atomic E-state index is 11.3. The van der Waals surface area contributed by atoms with Crippen LogP contribution in [0.3, 0.4) is 0 Å². The Morgan fingerprint density at radius 2 is 1.38 bits per heavy atom. The molecule has 0 aromatic rings. The molecule has 0 aromatic heterocycles. The summed E-state index contributed by atoms with van der Waals surface area (Å²) < 4.78 is 0. The summed E-state index contributed by atoms with van der Waals surface area (Å²) in [7, 11) is 0. The van der Waals surface area contributed by atoms with Crippen LogP contribution in [0, 0.1) is 35.5 Å². The summed E-state index contributed by atoms with van der Waals surface area (Å²) in [5.41, 5.74) is -0.234. The van der Waals surface area contributed by atoms with Crippen molar-refractivity contribution in [2.45, 2.75) is 76.5 Å². The van der Waals surface area contributed by atoms with Crippen LogP contribution < -0.4 is 4.84 Å². The minimum absolute atomic E-state index is 0.0323. The van der Waals surface area contributed by atoms with Gasteiger partial charge in [0.15, 0.2) is 0 Å². The van der Waals surface area contributed by atoms with Gasteiger partial charge in [-0.3, -0.25) is 0 Å². The van der Waals surface area contributed by atoms with Crippen LogP contribution in [0.25, 0.3) is 0 Å². The van der Waals surface area contributed by atoms with Gasteiger partial charge in [-0.1, -0.05) is 0 Å². The number of nitrogens with one attached hydrogen (secondary N) is 1. The molecule has 3 aliphatic rings. The summed E-state index contributed by atoms with van der Waals surface area (Å²) >= 11 is 5.89. The van der Waals surface area contributed by atoms with Gasteiger partial charge in [0.25, 0.3) is 0 Å². The van der Waals surface area contributed by atoms with Gasteiger partial charge >= 0.3 is 0 Å². The van der Waals surface area contributed by atoms with E-state index in [9.17, 15) is 15.3 Å². The number of aliphatic hydroxyl groups is 3. The summed E-state index contributed by atoms with van der Waals surface area (Å²) in [6, 6.07) is 0. The minimum Gasteiger partial charge on any atom is -0.396 e. The van der Waals surface area contributed by atoms with Crippen LogP contribution in [-0.4, -0.2) is 39.7 Å². The van der Waals surface area contributed by atoms with E-state index in [4.69, 9.17) is 11.8 Å². The van der Waals surface area contributed by atoms with Crippen molar-refractivity contribution in [3.8, 4) is 0 Å². The van der Waals surface area contributed by atoms with Crippen molar-refractivity contribution in [1.29, 1.82) is 0 Å². The van der Waals surface area contributed by atoms with E-state index in [-0.39, 0.29) is 29.9 Å². The SMILES string of the molecule is CC(C)(CC(C1CC1)C(O)C(C1CC1)C(O)C(CO)C1CC1)NCl. The van der Waals surface area contributed by atoms with Crippen LogP contribution in [0.5, 0.6) is 0 Å². The summed E-state index contributed by atoms with van der Waals surface area (Å²) in [6.45, 7) is 4.15. The van der Waals surface area contributed by atoms with Crippen LogP contribution in [0.2, 0.25) is 0 Å². The van der Waals surface area contributed by atoms with Crippen molar-refractivity contribution in [2.24, 2.45) is 35.5 Å². The molecule has 24 heavy (non-hydrogen) atoms. The third kappa shape index (κ3) is 4.45. The lowest BCUT2D eigenvalue weighted by atomic mass is 9.73. The Bertz CT molecular complexity index is 421. The lowest BCUT2D eigenvalue weighted by Crippen LogP contribution is -2.47. The molecule has 3 aliphatic carbocycles. The summed E-state index contributed by atoms with van der Waals surface area (Å²) in [5, 5.41) is 32.0. The molecule has 5 unspecified atom stereocenters. The highest BCUT2D eigenvalue weighted by Gasteiger charge is 2.51. The molecule has 0 bridgehead atoms. The minimum atomic E-state index is -0.585. The number of rotatable bonds is 11. The van der Waals surface area contributed by atoms with E-state index in [0.717, 1.165) is 32.1 Å². The van der Waals surface area contributed by atoms with Gasteiger partial charge in [0, 0.05) is 24.0 Å². The van der Waals surface area contributed by atoms with Crippen molar-refractivity contribution < 1.29 is 15.3 Å². The van der Waals surface area contributed by atoms with Gasteiger partial charge in [-0.2, -0.15) is 0 Å². The van der Waals surface area contributed by atoms with E-state index in [1.54, 1.807) is 0 Å². The van der Waals surface area contributed by atoms with Crippen molar-refractivity contribution in [1.82, 2.24) is 4.84 Å². The molecular weight excluding hydrogens is 326 g/mol. The second-order valence-electron chi connectivity index (χ2n) is 9.26. The topological polar surface area (TPSA) is 72.7 Å². The first-order valence-electron chi connectivity index (χ1n) is 9.72. The number of hydrogen-bond acceptors (Lipinski definition) is 4. The highest BCUT2D eigenvalue weighted by molar-refractivity contribution is 6.13. The van der Waals surface area contributed by atoms with Crippen LogP contribution in [0.4, 0.5) is 0 Å². The van der Waals surface area contributed by atoms with E-state index >= 15 is 0 Å². The lowest BCUT2D eigenvalue weighted by Gasteiger charge is -2.39. The van der Waals surface area contributed by atoms with Crippen LogP contribution >= 0.6 is 11.8 Å². The summed E-state index contributed by atoms with van der Waals surface area (Å²) in [6.07, 6.45) is 6.45. The summed E-state index contributed by atoms with van der Waals surface area (Å²) in [4.78, 5) is 2.84. The molecule has 0 amide bonds. The van der Waals surface area contributed by atoms with Gasteiger partial charge in [0.05, 0.1) is 12.2 Å². The van der Waals surface area contributed by atoms with E-state index in [2.05, 4.69) is 18.7 Å². The maximum Gasteiger partial charge on any atom is 0.0648 e. The largest absolute Gasteiger partial charge is 0.396 e. The zero-order chi connectivity index (χ0) is 17.5. The van der Waals surface area contributed by atoms with Crippen molar-refractivity contribution in [3.05, 3.63) is 0 Å². The second-order valence-corrected chi connectivity index (χ2v) is 9.45. The predicted molar refractivity (Wildman–Crippen MR) is 95.4 cm³/mol. The van der Waals surface area contributed by atoms with Gasteiger partial charge in [-0.25, -0.2) is 4.84 Å². The zero-order valence-corrected chi connectivity index (χ0v) is 15.8. The molecule has 0 saturated heterocycles. The molecule has 0 radical (unpaired) electrons. The Morgan fingerprint density at radius 3 is 1.79 bits per heavy atom. The van der Waals surface area contributed by atoms with Gasteiger partial charge in [0.2, 0.25) is 0 Å². The van der Waals surface area contributed by atoms with E-state index < -0.39 is 12.2 Å². The molecule has 3 rings (SSSR count). The van der Waals surface area contributed by atoms with Gasteiger partial charge in [-0.15, -0.1) is 0 Å². The Kier molecular flexibility index (Phi) is 5.83. The van der Waals surface area contributed by atoms with E-state index in [0.29, 0.717) is 17.8 Å². The Balaban J connectivity index is 1.73. The highest BCUT2D eigenvalue weighted by Crippen LogP contribution is 2.51. The molecule has 4 nitrogen and oxygen atoms in total. The summed E-state index contributed by atoms with van der Waals surface area (Å²) in [5.74, 6) is 1.41. The first-order valence-corrected chi connectivity index (χ1v) is 10.1. The number of halogens is 1. The van der Waals surface area contributed by atoms with Crippen molar-refractivity contribution in [2.75, 3.05) is 6.61 Å². The molecular formula is C19H34ClNO3. The third-order valence-electron chi connectivity index (χ3n) is 6.50. The molecule has 3 fully saturated rings. The Labute approximate surface area is 151 Å². The standard InChI is InChI=1S/C19H34ClNO3/c1-19(2,21-20)9-14(11-3-4-11)17(23)16(13-7-8-13)18(24)15(10-22)12-5-6-12/h11-18,21-24H,3-10H2,1-2H3. The van der Waals surface area contributed by atoms with E-state index in [1.807, 2.05) is 0 Å². The fourth-order valence-corrected chi connectivity index (χ4v) is 4.67. The molecule has 0 aromatic carbocycles.